The molecule has 0 aromatic heterocycles. The third-order valence-electron chi connectivity index (χ3n) is 4.21. The van der Waals surface area contributed by atoms with Crippen molar-refractivity contribution >= 4 is 0 Å². The molecule has 2 heteroatoms. The molecule has 0 radical (unpaired) electrons. The molecule has 25 heavy (non-hydrogen) atoms. The zero-order chi connectivity index (χ0) is 17.9. The molecular formula is C23H24FN. The third kappa shape index (κ3) is 6.44. The van der Waals surface area contributed by atoms with E-state index in [0.717, 1.165) is 12.0 Å². The van der Waals surface area contributed by atoms with Crippen molar-refractivity contribution < 1.29 is 4.39 Å². The van der Waals surface area contributed by atoms with E-state index in [0.29, 0.717) is 11.1 Å². The summed E-state index contributed by atoms with van der Waals surface area (Å²) < 4.78 is 13.8. The first-order valence-corrected chi connectivity index (χ1v) is 9.03. The van der Waals surface area contributed by atoms with E-state index >= 15 is 0 Å². The van der Waals surface area contributed by atoms with Crippen LogP contribution in [0.15, 0.2) is 42.5 Å². The van der Waals surface area contributed by atoms with E-state index < -0.39 is 5.82 Å². The van der Waals surface area contributed by atoms with E-state index in [1.54, 1.807) is 12.1 Å². The molecule has 0 bridgehead atoms. The number of nitrogens with zero attached hydrogens (tertiary/aromatic N) is 1. The van der Waals surface area contributed by atoms with E-state index in [4.69, 9.17) is 5.26 Å². The summed E-state index contributed by atoms with van der Waals surface area (Å²) in [7, 11) is 0. The van der Waals surface area contributed by atoms with Crippen LogP contribution in [0.1, 0.15) is 67.7 Å². The second-order valence-electron chi connectivity index (χ2n) is 6.27. The number of unbranched alkanes of at least 4 members (excludes halogenated alkanes) is 5. The fourth-order valence-corrected chi connectivity index (χ4v) is 2.69. The molecule has 128 valence electrons. The van der Waals surface area contributed by atoms with Gasteiger partial charge in [-0.15, -0.1) is 0 Å². The summed E-state index contributed by atoms with van der Waals surface area (Å²) in [6, 6.07) is 14.4. The number of aryl methyl sites for hydroxylation is 1. The first-order valence-electron chi connectivity index (χ1n) is 9.03. The van der Waals surface area contributed by atoms with Crippen LogP contribution < -0.4 is 0 Å². The Morgan fingerprint density at radius 2 is 1.52 bits per heavy atom. The lowest BCUT2D eigenvalue weighted by atomic mass is 10.0. The van der Waals surface area contributed by atoms with Crippen LogP contribution in [-0.2, 0) is 6.42 Å². The second kappa shape index (κ2) is 10.3. The predicted octanol–water partition coefficient (Wildman–Crippen LogP) is 6.00. The van der Waals surface area contributed by atoms with Gasteiger partial charge in [-0.3, -0.25) is 0 Å². The monoisotopic (exact) mass is 333 g/mol. The predicted molar refractivity (Wildman–Crippen MR) is 101 cm³/mol. The molecule has 0 heterocycles. The maximum absolute atomic E-state index is 13.8. The number of rotatable bonds is 7. The highest BCUT2D eigenvalue weighted by Crippen LogP contribution is 2.12. The summed E-state index contributed by atoms with van der Waals surface area (Å²) >= 11 is 0. The van der Waals surface area contributed by atoms with Gasteiger partial charge in [-0.1, -0.05) is 63.0 Å². The Morgan fingerprint density at radius 1 is 0.840 bits per heavy atom. The van der Waals surface area contributed by atoms with Crippen LogP contribution in [-0.4, -0.2) is 0 Å². The molecule has 0 saturated heterocycles. The Labute approximate surface area is 150 Å². The van der Waals surface area contributed by atoms with Crippen molar-refractivity contribution in [3.63, 3.8) is 0 Å². The van der Waals surface area contributed by atoms with Crippen LogP contribution in [0, 0.1) is 29.0 Å². The normalized spacial score (nSPS) is 9.96. The Kier molecular flexibility index (Phi) is 7.74. The molecule has 0 unspecified atom stereocenters. The quantitative estimate of drug-likeness (QED) is 0.450. The summed E-state index contributed by atoms with van der Waals surface area (Å²) in [6.07, 6.45) is 8.92. The first-order chi connectivity index (χ1) is 12.2. The highest BCUT2D eigenvalue weighted by Gasteiger charge is 2.00. The van der Waals surface area contributed by atoms with Crippen LogP contribution in [0.5, 0.6) is 0 Å². The molecule has 0 N–H and O–H groups in total. The SMILES string of the molecule is CCCCCCCCc1ccc(C#Cc2ccc(C#N)cc2F)cc1. The summed E-state index contributed by atoms with van der Waals surface area (Å²) in [5, 5.41) is 8.75. The van der Waals surface area contributed by atoms with Crippen LogP contribution >= 0.6 is 0 Å². The number of nitriles is 1. The molecular weight excluding hydrogens is 309 g/mol. The van der Waals surface area contributed by atoms with Crippen molar-refractivity contribution in [2.45, 2.75) is 51.9 Å². The average Bonchev–Trinajstić information content (AvgIpc) is 2.64. The number of hydrogen-bond donors (Lipinski definition) is 0. The average molecular weight is 333 g/mol. The number of hydrogen-bond acceptors (Lipinski definition) is 1. The summed E-state index contributed by atoms with van der Waals surface area (Å²) in [6.45, 7) is 2.24. The Hall–Kier alpha value is -2.58. The van der Waals surface area contributed by atoms with Crippen LogP contribution in [0.4, 0.5) is 4.39 Å². The maximum atomic E-state index is 13.8. The molecule has 0 saturated carbocycles. The first kappa shape index (κ1) is 18.8. The minimum Gasteiger partial charge on any atom is -0.206 e. The van der Waals surface area contributed by atoms with Crippen LogP contribution in [0.3, 0.4) is 0 Å². The van der Waals surface area contributed by atoms with Crippen molar-refractivity contribution in [3.05, 3.63) is 70.5 Å². The number of benzene rings is 2. The third-order valence-corrected chi connectivity index (χ3v) is 4.21. The van der Waals surface area contributed by atoms with E-state index in [1.807, 2.05) is 18.2 Å². The van der Waals surface area contributed by atoms with Crippen molar-refractivity contribution in [3.8, 4) is 17.9 Å². The lowest BCUT2D eigenvalue weighted by Gasteiger charge is -2.02. The van der Waals surface area contributed by atoms with Gasteiger partial charge in [0.15, 0.2) is 0 Å². The summed E-state index contributed by atoms with van der Waals surface area (Å²) in [5.41, 5.74) is 2.82. The molecule has 2 aromatic rings. The second-order valence-corrected chi connectivity index (χ2v) is 6.27. The fraction of sp³-hybridized carbons (Fsp3) is 0.348. The van der Waals surface area contributed by atoms with E-state index in [-0.39, 0.29) is 0 Å². The van der Waals surface area contributed by atoms with Gasteiger partial charge in [-0.25, -0.2) is 4.39 Å². The number of halogens is 1. The van der Waals surface area contributed by atoms with E-state index in [2.05, 4.69) is 30.9 Å². The van der Waals surface area contributed by atoms with Gasteiger partial charge in [0.05, 0.1) is 17.2 Å². The standard InChI is InChI=1S/C23H24FN/c1-2-3-4-5-6-7-8-19-9-11-20(12-10-19)13-15-22-16-14-21(18-25)17-23(22)24/h9-12,14,16-17H,2-8H2,1H3. The Balaban J connectivity index is 1.88. The van der Waals surface area contributed by atoms with Crippen molar-refractivity contribution in [2.75, 3.05) is 0 Å². The van der Waals surface area contributed by atoms with Gasteiger partial charge in [-0.05, 0) is 48.7 Å². The lowest BCUT2D eigenvalue weighted by Crippen LogP contribution is -1.87. The Bertz CT molecular complexity index is 772. The highest BCUT2D eigenvalue weighted by atomic mass is 19.1. The lowest BCUT2D eigenvalue weighted by molar-refractivity contribution is 0.607. The van der Waals surface area contributed by atoms with Crippen LogP contribution in [0.2, 0.25) is 0 Å². The van der Waals surface area contributed by atoms with Gasteiger partial charge in [0.1, 0.15) is 5.82 Å². The molecule has 0 aliphatic rings. The van der Waals surface area contributed by atoms with Crippen molar-refractivity contribution in [1.29, 1.82) is 5.26 Å². The van der Waals surface area contributed by atoms with Crippen molar-refractivity contribution in [1.82, 2.24) is 0 Å². The van der Waals surface area contributed by atoms with E-state index in [1.165, 1.54) is 50.2 Å². The van der Waals surface area contributed by atoms with Gasteiger partial charge in [0.25, 0.3) is 0 Å². The van der Waals surface area contributed by atoms with Crippen LogP contribution in [0.25, 0.3) is 0 Å². The molecule has 2 aromatic carbocycles. The molecule has 0 atom stereocenters. The molecule has 1 nitrogen and oxygen atoms in total. The van der Waals surface area contributed by atoms with Gasteiger partial charge in [-0.2, -0.15) is 5.26 Å². The van der Waals surface area contributed by atoms with Crippen molar-refractivity contribution in [2.24, 2.45) is 0 Å². The molecule has 2 rings (SSSR count). The molecule has 0 fully saturated rings. The van der Waals surface area contributed by atoms with E-state index in [9.17, 15) is 4.39 Å². The minimum atomic E-state index is -0.453. The topological polar surface area (TPSA) is 23.8 Å². The smallest absolute Gasteiger partial charge is 0.140 e. The highest BCUT2D eigenvalue weighted by molar-refractivity contribution is 5.46. The zero-order valence-corrected chi connectivity index (χ0v) is 14.8. The fourth-order valence-electron chi connectivity index (χ4n) is 2.69. The van der Waals surface area contributed by atoms with Gasteiger partial charge in [0, 0.05) is 5.56 Å². The summed E-state index contributed by atoms with van der Waals surface area (Å²) in [5.74, 6) is 5.37. The minimum absolute atomic E-state index is 0.307. The van der Waals surface area contributed by atoms with Gasteiger partial charge >= 0.3 is 0 Å². The molecule has 0 amide bonds. The molecule has 0 aliphatic heterocycles. The largest absolute Gasteiger partial charge is 0.206 e. The van der Waals surface area contributed by atoms with Gasteiger partial charge < -0.3 is 0 Å². The molecule has 0 aliphatic carbocycles. The van der Waals surface area contributed by atoms with Gasteiger partial charge in [0.2, 0.25) is 0 Å². The zero-order valence-electron chi connectivity index (χ0n) is 14.8. The molecule has 0 spiro atoms. The summed E-state index contributed by atoms with van der Waals surface area (Å²) in [4.78, 5) is 0. The maximum Gasteiger partial charge on any atom is 0.140 e. The Morgan fingerprint density at radius 3 is 2.20 bits per heavy atom.